The number of aromatic amines is 1. The van der Waals surface area contributed by atoms with Gasteiger partial charge in [0.2, 0.25) is 0 Å². The van der Waals surface area contributed by atoms with Gasteiger partial charge in [0.05, 0.1) is 28.4 Å². The van der Waals surface area contributed by atoms with Crippen molar-refractivity contribution >= 4 is 28.6 Å². The lowest BCUT2D eigenvalue weighted by atomic mass is 10.0. The van der Waals surface area contributed by atoms with Crippen molar-refractivity contribution in [3.8, 4) is 0 Å². The Morgan fingerprint density at radius 2 is 2.25 bits per heavy atom. The summed E-state index contributed by atoms with van der Waals surface area (Å²) in [6, 6.07) is 2.92. The van der Waals surface area contributed by atoms with Gasteiger partial charge in [0.1, 0.15) is 0 Å². The smallest absolute Gasteiger partial charge is 0.259 e. The van der Waals surface area contributed by atoms with E-state index in [4.69, 9.17) is 11.1 Å². The van der Waals surface area contributed by atoms with Crippen molar-refractivity contribution in [3.63, 3.8) is 0 Å². The number of H-pyrrole nitrogens is 1. The van der Waals surface area contributed by atoms with Crippen LogP contribution in [0.25, 0.3) is 0 Å². The average Bonchev–Trinajstić information content (AvgIpc) is 3.02. The van der Waals surface area contributed by atoms with Gasteiger partial charge < -0.3 is 21.1 Å². The normalized spacial score (nSPS) is 11.4. The van der Waals surface area contributed by atoms with Gasteiger partial charge in [0, 0.05) is 23.2 Å². The van der Waals surface area contributed by atoms with Crippen LogP contribution in [0.1, 0.15) is 41.6 Å². The number of primary amides is 1. The lowest BCUT2D eigenvalue weighted by Crippen LogP contribution is -2.27. The van der Waals surface area contributed by atoms with E-state index in [1.807, 2.05) is 6.92 Å². The van der Waals surface area contributed by atoms with E-state index in [2.05, 4.69) is 10.3 Å². The van der Waals surface area contributed by atoms with Crippen molar-refractivity contribution in [3.05, 3.63) is 50.1 Å². The Morgan fingerprint density at radius 1 is 1.54 bits per heavy atom. The fourth-order valence-electron chi connectivity index (χ4n) is 2.08. The van der Waals surface area contributed by atoms with Gasteiger partial charge in [-0.15, -0.1) is 11.3 Å². The molecule has 0 aliphatic heterocycles. The highest BCUT2D eigenvalue weighted by Crippen LogP contribution is 2.21. The van der Waals surface area contributed by atoms with E-state index in [1.54, 1.807) is 11.4 Å². The summed E-state index contributed by atoms with van der Waals surface area (Å²) in [4.78, 5) is 26.2. The summed E-state index contributed by atoms with van der Waals surface area (Å²) in [5, 5.41) is 22.3. The minimum Gasteiger partial charge on any atom is -0.394 e. The molecule has 130 valence electrons. The highest BCUT2D eigenvalue weighted by atomic mass is 32.1. The third kappa shape index (κ3) is 4.09. The summed E-state index contributed by atoms with van der Waals surface area (Å²) >= 11 is 1.13. The molecular formula is C16H22N4O3S. The topological polar surface area (TPSA) is 132 Å². The van der Waals surface area contributed by atoms with E-state index in [0.29, 0.717) is 22.5 Å². The van der Waals surface area contributed by atoms with Crippen molar-refractivity contribution < 1.29 is 9.90 Å². The van der Waals surface area contributed by atoms with Crippen LogP contribution in [0.4, 0.5) is 5.69 Å². The molecule has 8 heteroatoms. The molecule has 0 aliphatic rings. The molecule has 2 heterocycles. The number of aliphatic hydroxyl groups excluding tert-OH is 1. The standard InChI is InChI=1S/C15H18N4O3S.CH4/c1-2-9(6-20)19-10-3-4-18-15(22)12(10)13(16)8-5-11(14(17)21)23-7-8;/h3-5,7,9,16,20H,2,6H2,1H3,(H2,17,21)(H2,18,19,22);1H4/t9-;/m1./s1. The molecule has 1 amide bonds. The van der Waals surface area contributed by atoms with Crippen LogP contribution in [-0.4, -0.2) is 34.4 Å². The molecule has 2 aromatic heterocycles. The van der Waals surface area contributed by atoms with Crippen LogP contribution in [0.15, 0.2) is 28.5 Å². The first-order valence-electron chi connectivity index (χ1n) is 7.04. The quantitative estimate of drug-likeness (QED) is 0.487. The van der Waals surface area contributed by atoms with Crippen LogP contribution in [0.5, 0.6) is 0 Å². The van der Waals surface area contributed by atoms with E-state index in [9.17, 15) is 14.7 Å². The Hall–Kier alpha value is -2.45. The van der Waals surface area contributed by atoms with E-state index in [-0.39, 0.29) is 31.4 Å². The molecule has 0 aromatic carbocycles. The first kappa shape index (κ1) is 19.6. The van der Waals surface area contributed by atoms with Gasteiger partial charge in [-0.1, -0.05) is 14.4 Å². The highest BCUT2D eigenvalue weighted by Gasteiger charge is 2.18. The molecule has 0 unspecified atom stereocenters. The maximum atomic E-state index is 12.2. The van der Waals surface area contributed by atoms with Crippen LogP contribution in [0.2, 0.25) is 0 Å². The fourth-order valence-corrected chi connectivity index (χ4v) is 2.84. The molecule has 1 atom stereocenters. The lowest BCUT2D eigenvalue weighted by Gasteiger charge is -2.18. The first-order chi connectivity index (χ1) is 11.0. The number of nitrogens with two attached hydrogens (primary N) is 1. The van der Waals surface area contributed by atoms with Crippen LogP contribution < -0.4 is 16.6 Å². The van der Waals surface area contributed by atoms with Crippen molar-refractivity contribution in [2.45, 2.75) is 26.8 Å². The van der Waals surface area contributed by atoms with E-state index >= 15 is 0 Å². The second kappa shape index (κ2) is 8.42. The molecule has 24 heavy (non-hydrogen) atoms. The molecule has 0 bridgehead atoms. The SMILES string of the molecule is C.CC[C@H](CO)Nc1cc[nH]c(=O)c1C(=N)c1csc(C(N)=O)c1. The molecule has 0 spiro atoms. The van der Waals surface area contributed by atoms with Crippen LogP contribution >= 0.6 is 11.3 Å². The minimum absolute atomic E-state index is 0. The highest BCUT2D eigenvalue weighted by molar-refractivity contribution is 7.12. The number of thiophene rings is 1. The van der Waals surface area contributed by atoms with Crippen LogP contribution in [-0.2, 0) is 0 Å². The number of pyridine rings is 1. The van der Waals surface area contributed by atoms with E-state index < -0.39 is 11.5 Å². The Kier molecular flexibility index (Phi) is 6.87. The second-order valence-electron chi connectivity index (χ2n) is 4.97. The summed E-state index contributed by atoms with van der Waals surface area (Å²) in [5.74, 6) is -0.569. The van der Waals surface area contributed by atoms with Gasteiger partial charge in [0.15, 0.2) is 0 Å². The summed E-state index contributed by atoms with van der Waals surface area (Å²) in [7, 11) is 0. The molecule has 0 aliphatic carbocycles. The van der Waals surface area contributed by atoms with Crippen molar-refractivity contribution in [1.29, 1.82) is 5.41 Å². The monoisotopic (exact) mass is 350 g/mol. The summed E-state index contributed by atoms with van der Waals surface area (Å²) in [6.07, 6.45) is 2.15. The second-order valence-corrected chi connectivity index (χ2v) is 5.88. The molecule has 2 aromatic rings. The van der Waals surface area contributed by atoms with E-state index in [0.717, 1.165) is 11.3 Å². The third-order valence-corrected chi connectivity index (χ3v) is 4.36. The fraction of sp³-hybridized carbons (Fsp3) is 0.312. The Morgan fingerprint density at radius 3 is 2.79 bits per heavy atom. The van der Waals surface area contributed by atoms with Crippen LogP contribution in [0, 0.1) is 5.41 Å². The van der Waals surface area contributed by atoms with Crippen molar-refractivity contribution in [2.75, 3.05) is 11.9 Å². The Bertz CT molecular complexity index is 778. The maximum Gasteiger partial charge on any atom is 0.259 e. The molecule has 0 saturated heterocycles. The zero-order valence-corrected chi connectivity index (χ0v) is 13.4. The maximum absolute atomic E-state index is 12.2. The number of rotatable bonds is 7. The number of hydrogen-bond acceptors (Lipinski definition) is 6. The summed E-state index contributed by atoms with van der Waals surface area (Å²) in [6.45, 7) is 1.82. The lowest BCUT2D eigenvalue weighted by molar-refractivity contribution is 0.100. The van der Waals surface area contributed by atoms with Gasteiger partial charge in [-0.05, 0) is 18.6 Å². The number of amides is 1. The number of nitrogens with one attached hydrogen (secondary N) is 3. The zero-order chi connectivity index (χ0) is 17.0. The van der Waals surface area contributed by atoms with Crippen molar-refractivity contribution in [1.82, 2.24) is 4.98 Å². The number of carbonyl (C=O) groups is 1. The molecule has 2 rings (SSSR count). The largest absolute Gasteiger partial charge is 0.394 e. The molecular weight excluding hydrogens is 328 g/mol. The van der Waals surface area contributed by atoms with E-state index in [1.165, 1.54) is 12.3 Å². The summed E-state index contributed by atoms with van der Waals surface area (Å²) in [5.41, 5.74) is 5.86. The minimum atomic E-state index is -0.569. The zero-order valence-electron chi connectivity index (χ0n) is 12.6. The first-order valence-corrected chi connectivity index (χ1v) is 7.92. The average molecular weight is 350 g/mol. The van der Waals surface area contributed by atoms with Crippen LogP contribution in [0.3, 0.4) is 0 Å². The van der Waals surface area contributed by atoms with Gasteiger partial charge in [0.25, 0.3) is 11.5 Å². The molecule has 0 fully saturated rings. The number of aliphatic hydroxyl groups is 1. The Balaban J connectivity index is 0.00000288. The molecule has 7 nitrogen and oxygen atoms in total. The van der Waals surface area contributed by atoms with Gasteiger partial charge >= 0.3 is 0 Å². The molecule has 0 saturated carbocycles. The van der Waals surface area contributed by atoms with Gasteiger partial charge in [-0.25, -0.2) is 0 Å². The predicted octanol–water partition coefficient (Wildman–Crippen LogP) is 1.77. The van der Waals surface area contributed by atoms with Crippen molar-refractivity contribution in [2.24, 2.45) is 5.73 Å². The number of aromatic nitrogens is 1. The number of anilines is 1. The van der Waals surface area contributed by atoms with Gasteiger partial charge in [-0.3, -0.25) is 15.0 Å². The summed E-state index contributed by atoms with van der Waals surface area (Å²) < 4.78 is 0. The third-order valence-electron chi connectivity index (χ3n) is 3.41. The molecule has 6 N–H and O–H groups in total. The molecule has 0 radical (unpaired) electrons. The number of hydrogen-bond donors (Lipinski definition) is 5. The number of carbonyl (C=O) groups excluding carboxylic acids is 1. The Labute approximate surface area is 144 Å². The van der Waals surface area contributed by atoms with Gasteiger partial charge in [-0.2, -0.15) is 0 Å². The predicted molar refractivity (Wildman–Crippen MR) is 97.3 cm³/mol.